The molecule has 0 aliphatic rings. The van der Waals surface area contributed by atoms with Crippen LogP contribution in [0.1, 0.15) is 46.0 Å². The van der Waals surface area contributed by atoms with Crippen molar-refractivity contribution in [1.29, 1.82) is 0 Å². The van der Waals surface area contributed by atoms with Gasteiger partial charge in [0.15, 0.2) is 0 Å². The second-order valence-corrected chi connectivity index (χ2v) is 5.42. The molecule has 23 heavy (non-hydrogen) atoms. The molecule has 0 rings (SSSR count). The molecular formula is C17H32N2O4. The zero-order valence-electron chi connectivity index (χ0n) is 14.5. The lowest BCUT2D eigenvalue weighted by molar-refractivity contribution is -0.122. The van der Waals surface area contributed by atoms with Crippen molar-refractivity contribution in [3.8, 4) is 0 Å². The van der Waals surface area contributed by atoms with Crippen molar-refractivity contribution < 1.29 is 19.1 Å². The van der Waals surface area contributed by atoms with Crippen LogP contribution in [-0.4, -0.2) is 51.2 Å². The molecule has 0 aliphatic carbocycles. The Kier molecular flexibility index (Phi) is 14.8. The molecule has 6 nitrogen and oxygen atoms in total. The summed E-state index contributed by atoms with van der Waals surface area (Å²) in [6, 6.07) is 0.123. The van der Waals surface area contributed by atoms with E-state index in [0.29, 0.717) is 45.8 Å². The molecule has 0 aromatic carbocycles. The van der Waals surface area contributed by atoms with E-state index in [1.54, 1.807) is 0 Å². The first kappa shape index (κ1) is 21.8. The maximum absolute atomic E-state index is 11.6. The first-order chi connectivity index (χ1) is 11.1. The Hall–Kier alpha value is -1.24. The predicted octanol–water partition coefficient (Wildman–Crippen LogP) is 1.58. The topological polar surface area (TPSA) is 90.7 Å². The van der Waals surface area contributed by atoms with Crippen molar-refractivity contribution in [2.45, 2.75) is 52.0 Å². The summed E-state index contributed by atoms with van der Waals surface area (Å²) < 4.78 is 10.4. The number of hydrogen-bond donors (Lipinski definition) is 2. The smallest absolute Gasteiger partial charge is 0.222 e. The zero-order chi connectivity index (χ0) is 17.3. The van der Waals surface area contributed by atoms with Crippen molar-refractivity contribution in [2.24, 2.45) is 5.73 Å². The van der Waals surface area contributed by atoms with Gasteiger partial charge in [-0.05, 0) is 33.1 Å². The number of nitrogens with two attached hydrogens (primary N) is 1. The van der Waals surface area contributed by atoms with Crippen molar-refractivity contribution in [1.82, 2.24) is 5.32 Å². The van der Waals surface area contributed by atoms with E-state index in [1.807, 2.05) is 19.9 Å². The van der Waals surface area contributed by atoms with Crippen LogP contribution < -0.4 is 11.1 Å². The standard InChI is InChI=1S/C17H32N2O4/c1-3-15(2)16(18)7-4-5-9-19-17(21)8-12-23-14-13-22-11-6-10-20/h3,10,16H,4-9,11-14,18H2,1-2H3,(H,19,21). The van der Waals surface area contributed by atoms with Crippen LogP contribution in [0.15, 0.2) is 11.6 Å². The molecule has 134 valence electrons. The van der Waals surface area contributed by atoms with E-state index in [1.165, 1.54) is 5.57 Å². The predicted molar refractivity (Wildman–Crippen MR) is 91.2 cm³/mol. The average Bonchev–Trinajstić information content (AvgIpc) is 2.55. The van der Waals surface area contributed by atoms with Gasteiger partial charge in [0.25, 0.3) is 0 Å². The Balaban J connectivity index is 3.36. The van der Waals surface area contributed by atoms with Crippen LogP contribution in [0.5, 0.6) is 0 Å². The molecule has 0 bridgehead atoms. The van der Waals surface area contributed by atoms with Crippen LogP contribution in [0.4, 0.5) is 0 Å². The van der Waals surface area contributed by atoms with Crippen molar-refractivity contribution in [2.75, 3.05) is 33.0 Å². The SMILES string of the molecule is CC=C(C)C(N)CCCCNC(=O)CCOCCOCCC=O. The highest BCUT2D eigenvalue weighted by Gasteiger charge is 2.04. The summed E-state index contributed by atoms with van der Waals surface area (Å²) in [5.41, 5.74) is 7.21. The number of amides is 1. The van der Waals surface area contributed by atoms with Crippen LogP contribution in [-0.2, 0) is 19.1 Å². The average molecular weight is 328 g/mol. The molecule has 0 spiro atoms. The van der Waals surface area contributed by atoms with E-state index >= 15 is 0 Å². The minimum Gasteiger partial charge on any atom is -0.379 e. The quantitative estimate of drug-likeness (QED) is 0.271. The molecule has 0 aliphatic heterocycles. The molecule has 0 aromatic heterocycles. The van der Waals surface area contributed by atoms with Gasteiger partial charge in [0.05, 0.1) is 26.4 Å². The second-order valence-electron chi connectivity index (χ2n) is 5.42. The Labute approximate surface area is 139 Å². The monoisotopic (exact) mass is 328 g/mol. The summed E-state index contributed by atoms with van der Waals surface area (Å²) in [5.74, 6) is 0.000747. The summed E-state index contributed by atoms with van der Waals surface area (Å²) >= 11 is 0. The zero-order valence-corrected chi connectivity index (χ0v) is 14.5. The lowest BCUT2D eigenvalue weighted by Gasteiger charge is -2.12. The molecule has 1 unspecified atom stereocenters. The lowest BCUT2D eigenvalue weighted by Crippen LogP contribution is -2.26. The first-order valence-electron chi connectivity index (χ1n) is 8.36. The molecule has 0 heterocycles. The van der Waals surface area contributed by atoms with Gasteiger partial charge in [0.2, 0.25) is 5.91 Å². The number of unbranched alkanes of at least 4 members (excludes halogenated alkanes) is 1. The Morgan fingerprint density at radius 2 is 1.87 bits per heavy atom. The van der Waals surface area contributed by atoms with Gasteiger partial charge in [-0.25, -0.2) is 0 Å². The molecule has 1 amide bonds. The van der Waals surface area contributed by atoms with Gasteiger partial charge in [-0.1, -0.05) is 11.6 Å². The van der Waals surface area contributed by atoms with Gasteiger partial charge in [-0.15, -0.1) is 0 Å². The molecule has 0 saturated heterocycles. The molecular weight excluding hydrogens is 296 g/mol. The maximum Gasteiger partial charge on any atom is 0.222 e. The number of carbonyl (C=O) groups is 2. The van der Waals surface area contributed by atoms with Crippen molar-refractivity contribution in [3.05, 3.63) is 11.6 Å². The van der Waals surface area contributed by atoms with E-state index in [2.05, 4.69) is 5.32 Å². The van der Waals surface area contributed by atoms with Gasteiger partial charge in [0, 0.05) is 25.4 Å². The molecule has 0 saturated carbocycles. The third kappa shape index (κ3) is 14.1. The highest BCUT2D eigenvalue weighted by atomic mass is 16.5. The highest BCUT2D eigenvalue weighted by Crippen LogP contribution is 2.06. The number of nitrogens with one attached hydrogen (secondary N) is 1. The fourth-order valence-corrected chi connectivity index (χ4v) is 1.87. The molecule has 3 N–H and O–H groups in total. The van der Waals surface area contributed by atoms with Crippen LogP contribution in [0.3, 0.4) is 0 Å². The van der Waals surface area contributed by atoms with E-state index in [0.717, 1.165) is 25.5 Å². The first-order valence-corrected chi connectivity index (χ1v) is 8.36. The van der Waals surface area contributed by atoms with E-state index in [-0.39, 0.29) is 11.9 Å². The Morgan fingerprint density at radius 1 is 1.17 bits per heavy atom. The van der Waals surface area contributed by atoms with Crippen LogP contribution in [0, 0.1) is 0 Å². The van der Waals surface area contributed by atoms with Crippen LogP contribution >= 0.6 is 0 Å². The molecule has 0 aromatic rings. The third-order valence-electron chi connectivity index (χ3n) is 3.53. The van der Waals surface area contributed by atoms with Crippen LogP contribution in [0.25, 0.3) is 0 Å². The molecule has 0 fully saturated rings. The van der Waals surface area contributed by atoms with Crippen molar-refractivity contribution >= 4 is 12.2 Å². The minimum atomic E-state index is 0.000747. The lowest BCUT2D eigenvalue weighted by atomic mass is 10.0. The Bertz CT molecular complexity index is 345. The maximum atomic E-state index is 11.6. The van der Waals surface area contributed by atoms with Gasteiger partial charge in [-0.3, -0.25) is 4.79 Å². The fraction of sp³-hybridized carbons (Fsp3) is 0.765. The van der Waals surface area contributed by atoms with E-state index in [9.17, 15) is 9.59 Å². The van der Waals surface area contributed by atoms with E-state index in [4.69, 9.17) is 15.2 Å². The van der Waals surface area contributed by atoms with Gasteiger partial charge >= 0.3 is 0 Å². The summed E-state index contributed by atoms with van der Waals surface area (Å²) in [5, 5.41) is 2.87. The van der Waals surface area contributed by atoms with Gasteiger partial charge in [0.1, 0.15) is 6.29 Å². The highest BCUT2D eigenvalue weighted by molar-refractivity contribution is 5.75. The molecule has 1 atom stereocenters. The summed E-state index contributed by atoms with van der Waals surface area (Å²) in [6.45, 7) is 6.40. The molecule has 6 heteroatoms. The minimum absolute atomic E-state index is 0.000747. The number of aldehydes is 1. The number of ether oxygens (including phenoxy) is 2. The van der Waals surface area contributed by atoms with Gasteiger partial charge in [-0.2, -0.15) is 0 Å². The summed E-state index contributed by atoms with van der Waals surface area (Å²) in [7, 11) is 0. The summed E-state index contributed by atoms with van der Waals surface area (Å²) in [6.07, 6.45) is 6.50. The third-order valence-corrected chi connectivity index (χ3v) is 3.53. The largest absolute Gasteiger partial charge is 0.379 e. The summed E-state index contributed by atoms with van der Waals surface area (Å²) in [4.78, 5) is 21.6. The number of hydrogen-bond acceptors (Lipinski definition) is 5. The fourth-order valence-electron chi connectivity index (χ4n) is 1.87. The van der Waals surface area contributed by atoms with Crippen LogP contribution in [0.2, 0.25) is 0 Å². The van der Waals surface area contributed by atoms with Gasteiger partial charge < -0.3 is 25.3 Å². The second kappa shape index (κ2) is 15.6. The number of rotatable bonds is 15. The normalized spacial score (nSPS) is 12.9. The van der Waals surface area contributed by atoms with Crippen molar-refractivity contribution in [3.63, 3.8) is 0 Å². The molecule has 0 radical (unpaired) electrons. The number of allylic oxidation sites excluding steroid dienone is 1. The Morgan fingerprint density at radius 3 is 2.52 bits per heavy atom. The van der Waals surface area contributed by atoms with E-state index < -0.39 is 0 Å². The number of carbonyl (C=O) groups excluding carboxylic acids is 2.